The fourth-order valence-electron chi connectivity index (χ4n) is 2.42. The Hall–Kier alpha value is -0.590. The molecule has 0 unspecified atom stereocenters. The van der Waals surface area contributed by atoms with Crippen LogP contribution in [0.1, 0.15) is 36.0 Å². The first-order valence-electron chi connectivity index (χ1n) is 6.53. The van der Waals surface area contributed by atoms with Gasteiger partial charge in [-0.2, -0.15) is 0 Å². The van der Waals surface area contributed by atoms with Crippen LogP contribution in [0.3, 0.4) is 0 Å². The van der Waals surface area contributed by atoms with E-state index >= 15 is 0 Å². The van der Waals surface area contributed by atoms with Gasteiger partial charge in [-0.1, -0.05) is 15.9 Å². The zero-order chi connectivity index (χ0) is 14.7. The van der Waals surface area contributed by atoms with E-state index in [9.17, 15) is 9.90 Å². The minimum absolute atomic E-state index is 0.193. The number of ether oxygens (including phenoxy) is 1. The van der Waals surface area contributed by atoms with Crippen molar-refractivity contribution < 1.29 is 14.6 Å². The number of anilines is 1. The van der Waals surface area contributed by atoms with Crippen LogP contribution in [-0.4, -0.2) is 30.3 Å². The quantitative estimate of drug-likeness (QED) is 0.751. The van der Waals surface area contributed by atoms with Crippen molar-refractivity contribution in [2.75, 3.05) is 12.4 Å². The van der Waals surface area contributed by atoms with Gasteiger partial charge in [-0.25, -0.2) is 4.79 Å². The number of hydrogen-bond acceptors (Lipinski definition) is 4. The average Bonchev–Trinajstić information content (AvgIpc) is 2.42. The molecule has 6 heteroatoms. The van der Waals surface area contributed by atoms with Crippen molar-refractivity contribution in [2.45, 2.75) is 37.8 Å². The highest BCUT2D eigenvalue weighted by Crippen LogP contribution is 2.33. The third-order valence-corrected chi connectivity index (χ3v) is 4.59. The normalized spacial score (nSPS) is 22.4. The van der Waals surface area contributed by atoms with Gasteiger partial charge in [-0.05, 0) is 53.7 Å². The van der Waals surface area contributed by atoms with Gasteiger partial charge in [0.15, 0.2) is 0 Å². The highest BCUT2D eigenvalue weighted by atomic mass is 79.9. The van der Waals surface area contributed by atoms with E-state index in [4.69, 9.17) is 4.74 Å². The number of rotatable bonds is 3. The largest absolute Gasteiger partial charge is 0.465 e. The molecule has 0 saturated heterocycles. The summed E-state index contributed by atoms with van der Waals surface area (Å²) < 4.78 is 6.46. The summed E-state index contributed by atoms with van der Waals surface area (Å²) in [4.78, 5) is 11.9. The molecule has 1 aromatic carbocycles. The van der Waals surface area contributed by atoms with Crippen LogP contribution >= 0.6 is 31.9 Å². The molecule has 1 aliphatic rings. The molecule has 0 aromatic heterocycles. The Balaban J connectivity index is 2.23. The van der Waals surface area contributed by atoms with E-state index in [0.29, 0.717) is 5.56 Å². The molecular formula is C14H17Br2NO3. The molecule has 0 atom stereocenters. The number of benzene rings is 1. The number of carbonyl (C=O) groups excluding carboxylic acids is 1. The molecule has 0 amide bonds. The summed E-state index contributed by atoms with van der Waals surface area (Å²) in [6, 6.07) is 3.91. The number of methoxy groups -OCH3 is 1. The van der Waals surface area contributed by atoms with Crippen LogP contribution < -0.4 is 5.32 Å². The summed E-state index contributed by atoms with van der Waals surface area (Å²) in [7, 11) is 1.37. The van der Waals surface area contributed by atoms with Gasteiger partial charge >= 0.3 is 5.97 Å². The molecule has 0 heterocycles. The summed E-state index contributed by atoms with van der Waals surface area (Å²) >= 11 is 6.86. The molecule has 0 bridgehead atoms. The third-order valence-electron chi connectivity index (χ3n) is 3.51. The van der Waals surface area contributed by atoms with Gasteiger partial charge in [-0.15, -0.1) is 0 Å². The molecule has 1 fully saturated rings. The molecule has 4 nitrogen and oxygen atoms in total. The van der Waals surface area contributed by atoms with Crippen LogP contribution in [0, 0.1) is 0 Å². The molecule has 0 aliphatic heterocycles. The summed E-state index contributed by atoms with van der Waals surface area (Å²) in [5, 5.41) is 12.9. The van der Waals surface area contributed by atoms with Gasteiger partial charge in [0, 0.05) is 15.0 Å². The maximum atomic E-state index is 11.9. The second-order valence-electron chi connectivity index (χ2n) is 4.95. The first-order chi connectivity index (χ1) is 9.51. The van der Waals surface area contributed by atoms with Crippen LogP contribution in [0.4, 0.5) is 5.69 Å². The minimum atomic E-state index is -0.370. The summed E-state index contributed by atoms with van der Waals surface area (Å²) in [5.41, 5.74) is 1.25. The Labute approximate surface area is 135 Å². The van der Waals surface area contributed by atoms with Crippen LogP contribution in [0.15, 0.2) is 21.1 Å². The Morgan fingerprint density at radius 3 is 2.55 bits per heavy atom. The molecule has 110 valence electrons. The van der Waals surface area contributed by atoms with E-state index in [1.165, 1.54) is 7.11 Å². The van der Waals surface area contributed by atoms with Gasteiger partial charge in [0.2, 0.25) is 0 Å². The van der Waals surface area contributed by atoms with Crippen molar-refractivity contribution >= 4 is 43.5 Å². The summed E-state index contributed by atoms with van der Waals surface area (Å²) in [5.74, 6) is -0.370. The average molecular weight is 407 g/mol. The third kappa shape index (κ3) is 3.74. The van der Waals surface area contributed by atoms with Crippen molar-refractivity contribution in [1.29, 1.82) is 0 Å². The van der Waals surface area contributed by atoms with Crippen molar-refractivity contribution in [3.05, 3.63) is 26.6 Å². The number of nitrogens with one attached hydrogen (secondary N) is 1. The highest BCUT2D eigenvalue weighted by Gasteiger charge is 2.23. The fraction of sp³-hybridized carbons (Fsp3) is 0.500. The summed E-state index contributed by atoms with van der Waals surface area (Å²) in [6.07, 6.45) is 3.18. The lowest BCUT2D eigenvalue weighted by molar-refractivity contribution is 0.0601. The van der Waals surface area contributed by atoms with Crippen LogP contribution in [0.25, 0.3) is 0 Å². The van der Waals surface area contributed by atoms with Crippen LogP contribution in [0.5, 0.6) is 0 Å². The first-order valence-corrected chi connectivity index (χ1v) is 8.12. The number of halogens is 2. The molecule has 2 rings (SSSR count). The number of aliphatic hydroxyl groups is 1. The van der Waals surface area contributed by atoms with E-state index in [0.717, 1.165) is 40.3 Å². The van der Waals surface area contributed by atoms with E-state index < -0.39 is 0 Å². The van der Waals surface area contributed by atoms with E-state index in [-0.39, 0.29) is 18.1 Å². The lowest BCUT2D eigenvalue weighted by atomic mass is 9.93. The lowest BCUT2D eigenvalue weighted by Gasteiger charge is -2.28. The Bertz CT molecular complexity index is 499. The molecule has 1 aliphatic carbocycles. The van der Waals surface area contributed by atoms with Crippen molar-refractivity contribution in [3.8, 4) is 0 Å². The predicted molar refractivity (Wildman–Crippen MR) is 85.1 cm³/mol. The number of esters is 1. The van der Waals surface area contributed by atoms with E-state index in [1.807, 2.05) is 6.07 Å². The van der Waals surface area contributed by atoms with Gasteiger partial charge in [0.1, 0.15) is 0 Å². The smallest absolute Gasteiger partial charge is 0.340 e. The van der Waals surface area contributed by atoms with Gasteiger partial charge < -0.3 is 15.2 Å². The SMILES string of the molecule is COC(=O)c1cc(Br)cc(Br)c1NC1CCC(O)CC1. The van der Waals surface area contributed by atoms with Crippen LogP contribution in [0.2, 0.25) is 0 Å². The number of carbonyl (C=O) groups is 1. The Morgan fingerprint density at radius 2 is 1.95 bits per heavy atom. The van der Waals surface area contributed by atoms with E-state index in [2.05, 4.69) is 37.2 Å². The molecule has 0 radical (unpaired) electrons. The van der Waals surface area contributed by atoms with E-state index in [1.54, 1.807) is 6.07 Å². The molecular weight excluding hydrogens is 390 g/mol. The maximum absolute atomic E-state index is 11.9. The van der Waals surface area contributed by atoms with Crippen molar-refractivity contribution in [1.82, 2.24) is 0 Å². The fourth-order valence-corrected chi connectivity index (χ4v) is 3.76. The first kappa shape index (κ1) is 15.8. The zero-order valence-electron chi connectivity index (χ0n) is 11.2. The second-order valence-corrected chi connectivity index (χ2v) is 6.72. The van der Waals surface area contributed by atoms with Gasteiger partial charge in [0.25, 0.3) is 0 Å². The monoisotopic (exact) mass is 405 g/mol. The second kappa shape index (κ2) is 6.91. The Kier molecular flexibility index (Phi) is 5.46. The molecule has 1 aromatic rings. The standard InChI is InChI=1S/C14H17Br2NO3/c1-20-14(19)11-6-8(15)7-12(16)13(11)17-9-2-4-10(18)5-3-9/h6-7,9-10,17-18H,2-5H2,1H3. The minimum Gasteiger partial charge on any atom is -0.465 e. The molecule has 0 spiro atoms. The predicted octanol–water partition coefficient (Wildman–Crippen LogP) is 3.71. The molecule has 2 N–H and O–H groups in total. The number of hydrogen-bond donors (Lipinski definition) is 2. The summed E-state index contributed by atoms with van der Waals surface area (Å²) in [6.45, 7) is 0. The van der Waals surface area contributed by atoms with Crippen LogP contribution in [-0.2, 0) is 4.74 Å². The lowest BCUT2D eigenvalue weighted by Crippen LogP contribution is -2.29. The van der Waals surface area contributed by atoms with Crippen molar-refractivity contribution in [2.24, 2.45) is 0 Å². The molecule has 1 saturated carbocycles. The Morgan fingerprint density at radius 1 is 1.30 bits per heavy atom. The van der Waals surface area contributed by atoms with Crippen molar-refractivity contribution in [3.63, 3.8) is 0 Å². The molecule has 20 heavy (non-hydrogen) atoms. The highest BCUT2D eigenvalue weighted by molar-refractivity contribution is 9.11. The maximum Gasteiger partial charge on any atom is 0.340 e. The van der Waals surface area contributed by atoms with Gasteiger partial charge in [-0.3, -0.25) is 0 Å². The van der Waals surface area contributed by atoms with Gasteiger partial charge in [0.05, 0.1) is 24.5 Å². The topological polar surface area (TPSA) is 58.6 Å². The number of aliphatic hydroxyl groups excluding tert-OH is 1. The zero-order valence-corrected chi connectivity index (χ0v) is 14.3.